The third kappa shape index (κ3) is 0.954. The fraction of sp³-hybridized carbons (Fsp3) is 0.500. The predicted molar refractivity (Wildman–Crippen MR) is 34.5 cm³/mol. The Balaban J connectivity index is 2.61. The van der Waals surface area contributed by atoms with E-state index in [2.05, 4.69) is 6.58 Å². The Kier molecular flexibility index (Phi) is 1.53. The highest BCUT2D eigenvalue weighted by atomic mass is 16.2. The van der Waals surface area contributed by atoms with E-state index in [0.717, 1.165) is 13.0 Å². The molecular formula is C6H10N2O. The Morgan fingerprint density at radius 1 is 1.89 bits per heavy atom. The molecule has 9 heavy (non-hydrogen) atoms. The lowest BCUT2D eigenvalue weighted by Gasteiger charge is -2.06. The topological polar surface area (TPSA) is 46.3 Å². The fourth-order valence-electron chi connectivity index (χ4n) is 0.906. The summed E-state index contributed by atoms with van der Waals surface area (Å²) >= 11 is 0. The van der Waals surface area contributed by atoms with E-state index in [4.69, 9.17) is 5.73 Å². The van der Waals surface area contributed by atoms with Crippen LogP contribution >= 0.6 is 0 Å². The summed E-state index contributed by atoms with van der Waals surface area (Å²) in [5.74, 6) is -0.00926. The summed E-state index contributed by atoms with van der Waals surface area (Å²) in [6, 6.07) is -0.289. The van der Waals surface area contributed by atoms with Crippen LogP contribution in [-0.4, -0.2) is 23.4 Å². The van der Waals surface area contributed by atoms with Crippen molar-refractivity contribution in [3.05, 3.63) is 12.8 Å². The maximum atomic E-state index is 10.9. The largest absolute Gasteiger partial charge is 0.320 e. The zero-order valence-electron chi connectivity index (χ0n) is 5.21. The third-order valence-corrected chi connectivity index (χ3v) is 1.50. The molecule has 1 atom stereocenters. The first-order valence-electron chi connectivity index (χ1n) is 2.94. The molecule has 1 heterocycles. The van der Waals surface area contributed by atoms with Gasteiger partial charge in [0.15, 0.2) is 0 Å². The molecule has 1 unspecified atom stereocenters. The van der Waals surface area contributed by atoms with Crippen LogP contribution in [-0.2, 0) is 4.79 Å². The number of likely N-dealkylation sites (tertiary alicyclic amines) is 1. The molecule has 1 fully saturated rings. The average molecular weight is 126 g/mol. The van der Waals surface area contributed by atoms with Gasteiger partial charge in [0.05, 0.1) is 6.04 Å². The van der Waals surface area contributed by atoms with Crippen LogP contribution in [0.5, 0.6) is 0 Å². The lowest BCUT2D eigenvalue weighted by Crippen LogP contribution is -2.30. The normalized spacial score (nSPS) is 27.0. The summed E-state index contributed by atoms with van der Waals surface area (Å²) in [5, 5.41) is 0. The predicted octanol–water partition coefficient (Wildman–Crippen LogP) is -0.310. The average Bonchev–Trinajstić information content (AvgIpc) is 2.15. The minimum Gasteiger partial charge on any atom is -0.320 e. The Labute approximate surface area is 54.1 Å². The van der Waals surface area contributed by atoms with Crippen molar-refractivity contribution in [2.45, 2.75) is 12.5 Å². The second kappa shape index (κ2) is 2.19. The number of amides is 1. The highest BCUT2D eigenvalue weighted by molar-refractivity contribution is 5.84. The molecule has 0 radical (unpaired) electrons. The molecule has 0 aromatic rings. The molecule has 0 spiro atoms. The van der Waals surface area contributed by atoms with Crippen LogP contribution in [0.25, 0.3) is 0 Å². The van der Waals surface area contributed by atoms with Crippen LogP contribution in [0.3, 0.4) is 0 Å². The van der Waals surface area contributed by atoms with E-state index in [1.807, 2.05) is 0 Å². The third-order valence-electron chi connectivity index (χ3n) is 1.50. The van der Waals surface area contributed by atoms with Gasteiger partial charge in [0.25, 0.3) is 0 Å². The summed E-state index contributed by atoms with van der Waals surface area (Å²) in [6.45, 7) is 4.20. The molecule has 2 N–H and O–H groups in total. The first-order chi connectivity index (χ1) is 4.25. The number of hydrogen-bond acceptors (Lipinski definition) is 2. The maximum absolute atomic E-state index is 10.9. The maximum Gasteiger partial charge on any atom is 0.243 e. The summed E-state index contributed by atoms with van der Waals surface area (Å²) in [7, 11) is 0. The molecule has 1 rings (SSSR count). The van der Waals surface area contributed by atoms with Crippen molar-refractivity contribution >= 4 is 5.91 Å². The number of rotatable bonds is 1. The molecule has 1 amide bonds. The minimum absolute atomic E-state index is 0.00926. The first kappa shape index (κ1) is 6.29. The zero-order chi connectivity index (χ0) is 6.85. The Morgan fingerprint density at radius 2 is 2.56 bits per heavy atom. The molecule has 0 aromatic carbocycles. The van der Waals surface area contributed by atoms with E-state index >= 15 is 0 Å². The standard InChI is InChI=1S/C6H10N2O/c1-2-8-4-3-5(7)6(8)9/h2,5H,1,3-4,7H2. The van der Waals surface area contributed by atoms with Crippen LogP contribution in [0.2, 0.25) is 0 Å². The van der Waals surface area contributed by atoms with Crippen LogP contribution in [0.1, 0.15) is 6.42 Å². The van der Waals surface area contributed by atoms with Crippen molar-refractivity contribution in [3.8, 4) is 0 Å². The van der Waals surface area contributed by atoms with Crippen LogP contribution in [0.4, 0.5) is 0 Å². The van der Waals surface area contributed by atoms with E-state index in [1.54, 1.807) is 4.90 Å². The number of carbonyl (C=O) groups is 1. The van der Waals surface area contributed by atoms with E-state index in [0.29, 0.717) is 0 Å². The van der Waals surface area contributed by atoms with E-state index in [1.165, 1.54) is 6.20 Å². The smallest absolute Gasteiger partial charge is 0.243 e. The Bertz CT molecular complexity index is 144. The molecule has 3 heteroatoms. The van der Waals surface area contributed by atoms with Gasteiger partial charge in [-0.1, -0.05) is 6.58 Å². The highest BCUT2D eigenvalue weighted by Crippen LogP contribution is 2.07. The Hall–Kier alpha value is -0.830. The van der Waals surface area contributed by atoms with Gasteiger partial charge in [0, 0.05) is 6.54 Å². The lowest BCUT2D eigenvalue weighted by molar-refractivity contribution is -0.126. The van der Waals surface area contributed by atoms with Gasteiger partial charge in [-0.25, -0.2) is 0 Å². The van der Waals surface area contributed by atoms with Gasteiger partial charge in [-0.3, -0.25) is 4.79 Å². The molecular weight excluding hydrogens is 116 g/mol. The summed E-state index contributed by atoms with van der Waals surface area (Å²) in [5.41, 5.74) is 5.41. The monoisotopic (exact) mass is 126 g/mol. The van der Waals surface area contributed by atoms with Gasteiger partial charge in [-0.2, -0.15) is 0 Å². The molecule has 0 aromatic heterocycles. The highest BCUT2D eigenvalue weighted by Gasteiger charge is 2.25. The van der Waals surface area contributed by atoms with E-state index in [-0.39, 0.29) is 11.9 Å². The van der Waals surface area contributed by atoms with Gasteiger partial charge in [0.2, 0.25) is 5.91 Å². The first-order valence-corrected chi connectivity index (χ1v) is 2.94. The lowest BCUT2D eigenvalue weighted by atomic mass is 10.3. The SMILES string of the molecule is C=CN1CCC(N)C1=O. The van der Waals surface area contributed by atoms with Gasteiger partial charge in [0.1, 0.15) is 0 Å². The number of carbonyl (C=O) groups excluding carboxylic acids is 1. The van der Waals surface area contributed by atoms with Crippen molar-refractivity contribution in [2.75, 3.05) is 6.54 Å². The molecule has 3 nitrogen and oxygen atoms in total. The number of hydrogen-bond donors (Lipinski definition) is 1. The molecule has 0 saturated carbocycles. The fourth-order valence-corrected chi connectivity index (χ4v) is 0.906. The van der Waals surface area contributed by atoms with Crippen LogP contribution in [0.15, 0.2) is 12.8 Å². The second-order valence-electron chi connectivity index (χ2n) is 2.11. The zero-order valence-corrected chi connectivity index (χ0v) is 5.21. The van der Waals surface area contributed by atoms with Gasteiger partial charge < -0.3 is 10.6 Å². The van der Waals surface area contributed by atoms with E-state index in [9.17, 15) is 4.79 Å². The number of nitrogens with two attached hydrogens (primary N) is 1. The van der Waals surface area contributed by atoms with Crippen molar-refractivity contribution in [2.24, 2.45) is 5.73 Å². The second-order valence-corrected chi connectivity index (χ2v) is 2.11. The van der Waals surface area contributed by atoms with Crippen molar-refractivity contribution in [3.63, 3.8) is 0 Å². The molecule has 50 valence electrons. The van der Waals surface area contributed by atoms with Gasteiger partial charge in [-0.05, 0) is 12.6 Å². The van der Waals surface area contributed by atoms with Crippen molar-refractivity contribution in [1.29, 1.82) is 0 Å². The number of nitrogens with zero attached hydrogens (tertiary/aromatic N) is 1. The van der Waals surface area contributed by atoms with Crippen molar-refractivity contribution < 1.29 is 4.79 Å². The quantitative estimate of drug-likeness (QED) is 0.524. The summed E-state index contributed by atoms with van der Waals surface area (Å²) in [6.07, 6.45) is 2.28. The van der Waals surface area contributed by atoms with Gasteiger partial charge >= 0.3 is 0 Å². The Morgan fingerprint density at radius 3 is 2.78 bits per heavy atom. The molecule has 1 aliphatic rings. The van der Waals surface area contributed by atoms with E-state index < -0.39 is 0 Å². The summed E-state index contributed by atoms with van der Waals surface area (Å²) < 4.78 is 0. The molecule has 1 saturated heterocycles. The van der Waals surface area contributed by atoms with Crippen molar-refractivity contribution in [1.82, 2.24) is 4.90 Å². The van der Waals surface area contributed by atoms with Crippen LogP contribution < -0.4 is 5.73 Å². The van der Waals surface area contributed by atoms with Crippen LogP contribution in [0, 0.1) is 0 Å². The molecule has 0 aliphatic carbocycles. The summed E-state index contributed by atoms with van der Waals surface area (Å²) in [4.78, 5) is 12.4. The van der Waals surface area contributed by atoms with Gasteiger partial charge in [-0.15, -0.1) is 0 Å². The molecule has 1 aliphatic heterocycles. The molecule has 0 bridgehead atoms. The minimum atomic E-state index is -0.289.